The van der Waals surface area contributed by atoms with E-state index in [1.165, 1.54) is 5.70 Å². The monoisotopic (exact) mass is 134 g/mol. The summed E-state index contributed by atoms with van der Waals surface area (Å²) in [5.74, 6) is 0.481. The summed E-state index contributed by atoms with van der Waals surface area (Å²) in [6.45, 7) is 0.938. The van der Waals surface area contributed by atoms with Gasteiger partial charge in [0.2, 0.25) is 0 Å². The molecule has 2 aliphatic rings. The average Bonchev–Trinajstić information content (AvgIpc) is 2.59. The van der Waals surface area contributed by atoms with Crippen molar-refractivity contribution in [3.63, 3.8) is 0 Å². The van der Waals surface area contributed by atoms with Gasteiger partial charge in [0.15, 0.2) is 0 Å². The van der Waals surface area contributed by atoms with E-state index in [0.717, 1.165) is 6.54 Å². The molecule has 1 aliphatic carbocycles. The number of allylic oxidation sites excluding steroid dienone is 3. The fourth-order valence-electron chi connectivity index (χ4n) is 1.22. The van der Waals surface area contributed by atoms with E-state index in [2.05, 4.69) is 41.2 Å². The van der Waals surface area contributed by atoms with Crippen molar-refractivity contribution < 1.29 is 0 Å². The van der Waals surface area contributed by atoms with Crippen molar-refractivity contribution in [3.8, 4) is 0 Å². The molecule has 2 N–H and O–H groups in total. The number of hydrogen-bond donors (Lipinski definition) is 2. The Morgan fingerprint density at radius 3 is 2.70 bits per heavy atom. The molecule has 0 unspecified atom stereocenters. The Morgan fingerprint density at radius 2 is 2.10 bits per heavy atom. The van der Waals surface area contributed by atoms with Crippen LogP contribution in [0.3, 0.4) is 0 Å². The third-order valence-electron chi connectivity index (χ3n) is 1.76. The number of nitrogens with one attached hydrogen (secondary N) is 2. The van der Waals surface area contributed by atoms with Gasteiger partial charge in [0.1, 0.15) is 0 Å². The molecule has 2 nitrogen and oxygen atoms in total. The van der Waals surface area contributed by atoms with Crippen molar-refractivity contribution >= 4 is 0 Å². The predicted molar refractivity (Wildman–Crippen MR) is 41.0 cm³/mol. The Labute approximate surface area is 60.3 Å². The normalized spacial score (nSPS) is 23.4. The second-order valence-electron chi connectivity index (χ2n) is 2.46. The summed E-state index contributed by atoms with van der Waals surface area (Å²) < 4.78 is 0. The van der Waals surface area contributed by atoms with Crippen LogP contribution in [0.4, 0.5) is 0 Å². The summed E-state index contributed by atoms with van der Waals surface area (Å²) in [4.78, 5) is 0. The zero-order valence-corrected chi connectivity index (χ0v) is 5.67. The second-order valence-corrected chi connectivity index (χ2v) is 2.46. The van der Waals surface area contributed by atoms with Crippen LogP contribution < -0.4 is 10.9 Å². The number of rotatable bonds is 1. The van der Waals surface area contributed by atoms with Crippen molar-refractivity contribution in [1.82, 2.24) is 10.9 Å². The van der Waals surface area contributed by atoms with Gasteiger partial charge in [-0.1, -0.05) is 24.3 Å². The molecule has 0 spiro atoms. The van der Waals surface area contributed by atoms with Crippen LogP contribution in [0.25, 0.3) is 0 Å². The number of hydrazine groups is 1. The first kappa shape index (κ1) is 5.74. The lowest BCUT2D eigenvalue weighted by Gasteiger charge is -2.06. The van der Waals surface area contributed by atoms with Crippen LogP contribution in [-0.2, 0) is 0 Å². The average molecular weight is 134 g/mol. The summed E-state index contributed by atoms with van der Waals surface area (Å²) in [6.07, 6.45) is 10.7. The fraction of sp³-hybridized carbons (Fsp3) is 0.250. The standard InChI is InChI=1S/C8H10N2/c1-2-4-7(3-1)8-5-6-9-10-8/h1-5,7,9-10H,6H2. The topological polar surface area (TPSA) is 24.1 Å². The highest BCUT2D eigenvalue weighted by molar-refractivity contribution is 5.28. The molecule has 10 heavy (non-hydrogen) atoms. The molecular formula is C8H10N2. The molecule has 1 aliphatic heterocycles. The van der Waals surface area contributed by atoms with Crippen molar-refractivity contribution in [2.75, 3.05) is 6.54 Å². The Hall–Kier alpha value is -1.02. The maximum atomic E-state index is 3.11. The SMILES string of the molecule is C1=CC(C2=CCNN2)C=C1. The molecule has 2 rings (SSSR count). The quantitative estimate of drug-likeness (QED) is 0.552. The highest BCUT2D eigenvalue weighted by Gasteiger charge is 2.11. The molecule has 1 heterocycles. The van der Waals surface area contributed by atoms with Gasteiger partial charge in [0, 0.05) is 18.2 Å². The minimum Gasteiger partial charge on any atom is -0.325 e. The lowest BCUT2D eigenvalue weighted by molar-refractivity contribution is 0.666. The van der Waals surface area contributed by atoms with Crippen LogP contribution in [0, 0.1) is 5.92 Å². The van der Waals surface area contributed by atoms with Gasteiger partial charge in [-0.2, -0.15) is 0 Å². The Kier molecular flexibility index (Phi) is 1.32. The number of hydrogen-bond acceptors (Lipinski definition) is 2. The highest BCUT2D eigenvalue weighted by Crippen LogP contribution is 2.17. The first-order chi connectivity index (χ1) is 4.97. The summed E-state index contributed by atoms with van der Waals surface area (Å²) in [5.41, 5.74) is 7.41. The van der Waals surface area contributed by atoms with Crippen LogP contribution in [-0.4, -0.2) is 6.54 Å². The summed E-state index contributed by atoms with van der Waals surface area (Å²) in [7, 11) is 0. The van der Waals surface area contributed by atoms with E-state index in [0.29, 0.717) is 5.92 Å². The molecule has 0 atom stereocenters. The van der Waals surface area contributed by atoms with Crippen molar-refractivity contribution in [1.29, 1.82) is 0 Å². The third-order valence-corrected chi connectivity index (χ3v) is 1.76. The molecule has 0 aromatic rings. The molecule has 0 radical (unpaired) electrons. The molecule has 0 aromatic heterocycles. The molecular weight excluding hydrogens is 124 g/mol. The summed E-state index contributed by atoms with van der Waals surface area (Å²) in [5, 5.41) is 0. The van der Waals surface area contributed by atoms with E-state index in [-0.39, 0.29) is 0 Å². The first-order valence-corrected chi connectivity index (χ1v) is 3.51. The molecule has 0 saturated heterocycles. The lowest BCUT2D eigenvalue weighted by Crippen LogP contribution is -2.25. The molecule has 52 valence electrons. The van der Waals surface area contributed by atoms with Gasteiger partial charge in [-0.3, -0.25) is 0 Å². The van der Waals surface area contributed by atoms with Gasteiger partial charge in [-0.15, -0.1) is 0 Å². The van der Waals surface area contributed by atoms with Crippen LogP contribution in [0.15, 0.2) is 36.1 Å². The maximum Gasteiger partial charge on any atom is 0.0364 e. The second kappa shape index (κ2) is 2.31. The minimum absolute atomic E-state index is 0.481. The van der Waals surface area contributed by atoms with E-state index < -0.39 is 0 Å². The van der Waals surface area contributed by atoms with Gasteiger partial charge in [-0.05, 0) is 6.08 Å². The molecule has 0 bridgehead atoms. The van der Waals surface area contributed by atoms with Crippen LogP contribution in [0.2, 0.25) is 0 Å². The molecule has 0 saturated carbocycles. The van der Waals surface area contributed by atoms with Crippen molar-refractivity contribution in [2.45, 2.75) is 0 Å². The molecule has 0 amide bonds. The first-order valence-electron chi connectivity index (χ1n) is 3.51. The van der Waals surface area contributed by atoms with E-state index in [1.54, 1.807) is 0 Å². The Balaban J connectivity index is 2.11. The minimum atomic E-state index is 0.481. The van der Waals surface area contributed by atoms with E-state index >= 15 is 0 Å². The van der Waals surface area contributed by atoms with Gasteiger partial charge < -0.3 is 5.43 Å². The molecule has 2 heteroatoms. The smallest absolute Gasteiger partial charge is 0.0364 e. The highest BCUT2D eigenvalue weighted by atomic mass is 15.4. The van der Waals surface area contributed by atoms with Gasteiger partial charge in [-0.25, -0.2) is 5.43 Å². The third kappa shape index (κ3) is 0.866. The predicted octanol–water partition coefficient (Wildman–Crippen LogP) is 0.720. The zero-order chi connectivity index (χ0) is 6.81. The van der Waals surface area contributed by atoms with E-state index in [4.69, 9.17) is 0 Å². The van der Waals surface area contributed by atoms with Crippen LogP contribution in [0.5, 0.6) is 0 Å². The molecule has 0 aromatic carbocycles. The lowest BCUT2D eigenvalue weighted by atomic mass is 10.1. The van der Waals surface area contributed by atoms with Crippen LogP contribution in [0.1, 0.15) is 0 Å². The summed E-state index contributed by atoms with van der Waals surface area (Å²) >= 11 is 0. The zero-order valence-electron chi connectivity index (χ0n) is 5.67. The maximum absolute atomic E-state index is 3.11. The van der Waals surface area contributed by atoms with E-state index in [1.807, 2.05) is 0 Å². The summed E-state index contributed by atoms with van der Waals surface area (Å²) in [6, 6.07) is 0. The van der Waals surface area contributed by atoms with Crippen LogP contribution >= 0.6 is 0 Å². The fourth-order valence-corrected chi connectivity index (χ4v) is 1.22. The Bertz CT molecular complexity index is 201. The van der Waals surface area contributed by atoms with Gasteiger partial charge in [0.05, 0.1) is 0 Å². The largest absolute Gasteiger partial charge is 0.325 e. The van der Waals surface area contributed by atoms with Crippen molar-refractivity contribution in [2.24, 2.45) is 5.92 Å². The van der Waals surface area contributed by atoms with E-state index in [9.17, 15) is 0 Å². The molecule has 0 fully saturated rings. The van der Waals surface area contributed by atoms with Crippen molar-refractivity contribution in [3.05, 3.63) is 36.1 Å². The van der Waals surface area contributed by atoms with Gasteiger partial charge >= 0.3 is 0 Å². The van der Waals surface area contributed by atoms with Gasteiger partial charge in [0.25, 0.3) is 0 Å². The Morgan fingerprint density at radius 1 is 1.30 bits per heavy atom.